The minimum atomic E-state index is -1.87. The highest BCUT2D eigenvalue weighted by atomic mass is 28.4. The summed E-state index contributed by atoms with van der Waals surface area (Å²) in [4.78, 5) is 0. The molecule has 0 aromatic carbocycles. The molecule has 38 heavy (non-hydrogen) atoms. The largest absolute Gasteiger partial charge is 0.414 e. The fourth-order valence-corrected chi connectivity index (χ4v) is 8.89. The molecular weight excluding hydrogens is 484 g/mol. The van der Waals surface area contributed by atoms with Crippen molar-refractivity contribution in [2.45, 2.75) is 143 Å². The Hall–Kier alpha value is -0.683. The highest BCUT2D eigenvalue weighted by molar-refractivity contribution is 6.74. The SMILES string of the molecule is C=C1CCC(O[Si](C)(C)C(C)(C)C)C/C1=C\C(O)C1(O)CCCC2(C)C(C(C)/C=C/C(C)C(C)C)CCC21. The Morgan fingerprint density at radius 2 is 1.71 bits per heavy atom. The van der Waals surface area contributed by atoms with Gasteiger partial charge in [-0.25, -0.2) is 0 Å². The molecule has 218 valence electrons. The average molecular weight is 545 g/mol. The Labute approximate surface area is 236 Å². The molecule has 0 radical (unpaired) electrons. The Bertz CT molecular complexity index is 896. The molecule has 4 heteroatoms. The van der Waals surface area contributed by atoms with E-state index >= 15 is 0 Å². The average Bonchev–Trinajstić information content (AvgIpc) is 3.16. The van der Waals surface area contributed by atoms with Gasteiger partial charge in [-0.1, -0.05) is 79.7 Å². The van der Waals surface area contributed by atoms with Crippen LogP contribution in [0.2, 0.25) is 18.1 Å². The number of rotatable bonds is 8. The summed E-state index contributed by atoms with van der Waals surface area (Å²) in [5.74, 6) is 2.37. The Kier molecular flexibility index (Phi) is 9.77. The number of allylic oxidation sites excluding steroid dienone is 3. The summed E-state index contributed by atoms with van der Waals surface area (Å²) in [7, 11) is -1.87. The van der Waals surface area contributed by atoms with Crippen LogP contribution in [0.3, 0.4) is 0 Å². The van der Waals surface area contributed by atoms with Crippen LogP contribution in [0.1, 0.15) is 107 Å². The van der Waals surface area contributed by atoms with Crippen molar-refractivity contribution in [1.82, 2.24) is 0 Å². The van der Waals surface area contributed by atoms with Gasteiger partial charge >= 0.3 is 0 Å². The molecule has 3 saturated carbocycles. The van der Waals surface area contributed by atoms with Crippen molar-refractivity contribution in [2.24, 2.45) is 35.0 Å². The molecular formula is C34H60O3Si. The summed E-state index contributed by atoms with van der Waals surface area (Å²) < 4.78 is 6.76. The fraction of sp³-hybridized carbons (Fsp3) is 0.824. The van der Waals surface area contributed by atoms with E-state index in [9.17, 15) is 10.2 Å². The normalized spacial score (nSPS) is 36.6. The molecule has 0 spiro atoms. The van der Waals surface area contributed by atoms with E-state index in [4.69, 9.17) is 4.43 Å². The first-order chi connectivity index (χ1) is 17.4. The molecule has 3 aliphatic carbocycles. The first-order valence-corrected chi connectivity index (χ1v) is 18.5. The van der Waals surface area contributed by atoms with Crippen molar-refractivity contribution >= 4 is 8.32 Å². The summed E-state index contributed by atoms with van der Waals surface area (Å²) in [6.45, 7) is 27.5. The summed E-state index contributed by atoms with van der Waals surface area (Å²) in [6, 6.07) is 0. The lowest BCUT2D eigenvalue weighted by atomic mass is 9.56. The zero-order valence-electron chi connectivity index (χ0n) is 26.4. The van der Waals surface area contributed by atoms with Gasteiger partial charge in [0.1, 0.15) is 6.10 Å². The second kappa shape index (κ2) is 11.7. The van der Waals surface area contributed by atoms with Crippen LogP contribution in [0.25, 0.3) is 0 Å². The first kappa shape index (κ1) is 31.8. The van der Waals surface area contributed by atoms with E-state index in [0.717, 1.165) is 56.1 Å². The lowest BCUT2D eigenvalue weighted by Crippen LogP contribution is -2.56. The zero-order valence-corrected chi connectivity index (χ0v) is 27.4. The maximum atomic E-state index is 12.2. The van der Waals surface area contributed by atoms with Crippen LogP contribution in [0.15, 0.2) is 36.0 Å². The molecule has 3 fully saturated rings. The van der Waals surface area contributed by atoms with Crippen molar-refractivity contribution in [2.75, 3.05) is 0 Å². The predicted molar refractivity (Wildman–Crippen MR) is 165 cm³/mol. The van der Waals surface area contributed by atoms with Gasteiger partial charge < -0.3 is 14.6 Å². The van der Waals surface area contributed by atoms with Gasteiger partial charge in [-0.3, -0.25) is 0 Å². The fourth-order valence-electron chi connectivity index (χ4n) is 7.50. The molecule has 0 bridgehead atoms. The van der Waals surface area contributed by atoms with Gasteiger partial charge in [-0.05, 0) is 116 Å². The predicted octanol–water partition coefficient (Wildman–Crippen LogP) is 8.84. The van der Waals surface area contributed by atoms with E-state index in [2.05, 4.69) is 87.2 Å². The Morgan fingerprint density at radius 3 is 2.32 bits per heavy atom. The number of fused-ring (bicyclic) bond motifs is 1. The highest BCUT2D eigenvalue weighted by Crippen LogP contribution is 2.61. The maximum absolute atomic E-state index is 12.2. The monoisotopic (exact) mass is 544 g/mol. The van der Waals surface area contributed by atoms with Crippen molar-refractivity contribution in [3.05, 3.63) is 36.0 Å². The van der Waals surface area contributed by atoms with Crippen LogP contribution >= 0.6 is 0 Å². The van der Waals surface area contributed by atoms with Gasteiger partial charge in [0, 0.05) is 6.10 Å². The van der Waals surface area contributed by atoms with E-state index in [1.807, 2.05) is 6.08 Å². The lowest BCUT2D eigenvalue weighted by Gasteiger charge is -2.52. The van der Waals surface area contributed by atoms with Crippen molar-refractivity contribution in [3.63, 3.8) is 0 Å². The minimum Gasteiger partial charge on any atom is -0.414 e. The molecule has 0 saturated heterocycles. The first-order valence-electron chi connectivity index (χ1n) is 15.6. The number of hydrogen-bond donors (Lipinski definition) is 2. The van der Waals surface area contributed by atoms with Crippen molar-refractivity contribution in [1.29, 1.82) is 0 Å². The molecule has 0 heterocycles. The molecule has 3 nitrogen and oxygen atoms in total. The van der Waals surface area contributed by atoms with Crippen LogP contribution < -0.4 is 0 Å². The molecule has 2 N–H and O–H groups in total. The molecule has 0 aliphatic heterocycles. The lowest BCUT2D eigenvalue weighted by molar-refractivity contribution is -0.155. The molecule has 3 aliphatic rings. The van der Waals surface area contributed by atoms with E-state index in [1.165, 1.54) is 0 Å². The molecule has 0 aromatic heterocycles. The van der Waals surface area contributed by atoms with Crippen LogP contribution in [-0.2, 0) is 4.43 Å². The van der Waals surface area contributed by atoms with Gasteiger partial charge in [0.25, 0.3) is 0 Å². The topological polar surface area (TPSA) is 49.7 Å². The van der Waals surface area contributed by atoms with Crippen LogP contribution in [0.4, 0.5) is 0 Å². The van der Waals surface area contributed by atoms with Gasteiger partial charge in [0.2, 0.25) is 0 Å². The Morgan fingerprint density at radius 1 is 1.05 bits per heavy atom. The van der Waals surface area contributed by atoms with Crippen molar-refractivity contribution in [3.8, 4) is 0 Å². The van der Waals surface area contributed by atoms with E-state index < -0.39 is 20.0 Å². The highest BCUT2D eigenvalue weighted by Gasteiger charge is 2.59. The van der Waals surface area contributed by atoms with Gasteiger partial charge in [-0.2, -0.15) is 0 Å². The zero-order chi connectivity index (χ0) is 28.7. The third kappa shape index (κ3) is 6.45. The van der Waals surface area contributed by atoms with E-state index in [0.29, 0.717) is 30.1 Å². The number of aliphatic hydroxyl groups is 2. The van der Waals surface area contributed by atoms with Crippen LogP contribution in [-0.4, -0.2) is 36.3 Å². The molecule has 3 rings (SSSR count). The van der Waals surface area contributed by atoms with Gasteiger partial charge in [0.05, 0.1) is 5.60 Å². The standard InChI is InChI=1S/C34H60O3Si/c1-23(2)24(3)13-14-26(5)29-17-18-30-33(29,9)19-12-20-34(30,36)31(35)22-27-21-28(16-15-25(27)4)37-38(10,11)32(6,7)8/h13-14,22-24,26,28-31,35-36H,4,12,15-21H2,1-3,5-11H3/b14-13+,27-22+. The van der Waals surface area contributed by atoms with Crippen molar-refractivity contribution < 1.29 is 14.6 Å². The second-order valence-corrected chi connectivity index (χ2v) is 20.2. The smallest absolute Gasteiger partial charge is 0.192 e. The quantitative estimate of drug-likeness (QED) is 0.237. The third-order valence-electron chi connectivity index (χ3n) is 11.5. The van der Waals surface area contributed by atoms with Crippen LogP contribution in [0.5, 0.6) is 0 Å². The molecule has 8 atom stereocenters. The van der Waals surface area contributed by atoms with Gasteiger partial charge in [-0.15, -0.1) is 0 Å². The Balaban J connectivity index is 1.78. The van der Waals surface area contributed by atoms with Crippen LogP contribution in [0, 0.1) is 35.0 Å². The second-order valence-electron chi connectivity index (χ2n) is 15.4. The third-order valence-corrected chi connectivity index (χ3v) is 16.1. The summed E-state index contributed by atoms with van der Waals surface area (Å²) in [5, 5.41) is 24.0. The number of hydrogen-bond acceptors (Lipinski definition) is 3. The van der Waals surface area contributed by atoms with E-state index in [-0.39, 0.29) is 22.5 Å². The minimum absolute atomic E-state index is 0.0505. The molecule has 0 aromatic rings. The maximum Gasteiger partial charge on any atom is 0.192 e. The van der Waals surface area contributed by atoms with E-state index in [1.54, 1.807) is 0 Å². The summed E-state index contributed by atoms with van der Waals surface area (Å²) >= 11 is 0. The number of aliphatic hydroxyl groups excluding tert-OH is 1. The molecule has 0 amide bonds. The summed E-state index contributed by atoms with van der Waals surface area (Å²) in [6.07, 6.45) is 13.7. The van der Waals surface area contributed by atoms with Gasteiger partial charge in [0.15, 0.2) is 8.32 Å². The summed E-state index contributed by atoms with van der Waals surface area (Å²) in [5.41, 5.74) is 1.18. The molecule has 8 unspecified atom stereocenters.